The molecule has 132 valence electrons. The molecule has 2 atom stereocenters. The number of nitrogens with zero attached hydrogens (tertiary/aromatic N) is 1. The van der Waals surface area contributed by atoms with E-state index in [4.69, 9.17) is 4.74 Å². The van der Waals surface area contributed by atoms with Crippen LogP contribution in [0.1, 0.15) is 96.8 Å². The second-order valence-electron chi connectivity index (χ2n) is 7.86. The van der Waals surface area contributed by atoms with Gasteiger partial charge in [0.1, 0.15) is 0 Å². The van der Waals surface area contributed by atoms with Gasteiger partial charge in [0.05, 0.1) is 12.2 Å². The van der Waals surface area contributed by atoms with E-state index in [2.05, 4.69) is 13.0 Å². The smallest absolute Gasteiger partial charge is 0.0658 e. The van der Waals surface area contributed by atoms with Crippen molar-refractivity contribution in [3.63, 3.8) is 0 Å². The summed E-state index contributed by atoms with van der Waals surface area (Å²) in [7, 11) is 0. The van der Waals surface area contributed by atoms with E-state index in [1.807, 2.05) is 0 Å². The molecule has 23 heavy (non-hydrogen) atoms. The van der Waals surface area contributed by atoms with E-state index in [0.717, 1.165) is 18.9 Å². The van der Waals surface area contributed by atoms with E-state index < -0.39 is 0 Å². The lowest BCUT2D eigenvalue weighted by atomic mass is 9.68. The maximum Gasteiger partial charge on any atom is 0.0658 e. The van der Waals surface area contributed by atoms with Crippen LogP contribution in [0.3, 0.4) is 0 Å². The number of hydrogen-bond acceptors (Lipinski definition) is 2. The Morgan fingerprint density at radius 1 is 0.870 bits per heavy atom. The van der Waals surface area contributed by atoms with Crippen LogP contribution in [-0.4, -0.2) is 12.7 Å². The van der Waals surface area contributed by atoms with E-state index in [0.29, 0.717) is 17.9 Å². The molecule has 2 rings (SSSR count). The summed E-state index contributed by atoms with van der Waals surface area (Å²) < 4.78 is 6.11. The molecule has 0 aromatic heterocycles. The first kappa shape index (κ1) is 18.8. The molecule has 0 heterocycles. The van der Waals surface area contributed by atoms with Gasteiger partial charge in [0.15, 0.2) is 0 Å². The first-order chi connectivity index (χ1) is 11.3. The van der Waals surface area contributed by atoms with Crippen LogP contribution >= 0.6 is 0 Å². The van der Waals surface area contributed by atoms with Crippen molar-refractivity contribution >= 4 is 0 Å². The van der Waals surface area contributed by atoms with Crippen LogP contribution < -0.4 is 0 Å². The highest BCUT2D eigenvalue weighted by Gasteiger charge is 2.34. The average Bonchev–Trinajstić information content (AvgIpc) is 2.61. The fourth-order valence-electron chi connectivity index (χ4n) is 4.70. The minimum Gasteiger partial charge on any atom is -0.378 e. The van der Waals surface area contributed by atoms with E-state index in [1.165, 1.54) is 83.5 Å². The highest BCUT2D eigenvalue weighted by Crippen LogP contribution is 2.41. The first-order valence-electron chi connectivity index (χ1n) is 10.4. The molecule has 0 bridgehead atoms. The van der Waals surface area contributed by atoms with Crippen molar-refractivity contribution in [2.45, 2.75) is 103 Å². The number of unbranched alkanes of at least 4 members (excludes halogenated alkanes) is 5. The molecule has 2 saturated carbocycles. The van der Waals surface area contributed by atoms with Crippen LogP contribution in [-0.2, 0) is 4.74 Å². The highest BCUT2D eigenvalue weighted by molar-refractivity contribution is 4.94. The number of hydrogen-bond donors (Lipinski definition) is 0. The molecule has 2 unspecified atom stereocenters. The van der Waals surface area contributed by atoms with Gasteiger partial charge in [0.25, 0.3) is 0 Å². The molecule has 2 nitrogen and oxygen atoms in total. The monoisotopic (exact) mass is 319 g/mol. The maximum absolute atomic E-state index is 9.39. The Morgan fingerprint density at radius 2 is 1.57 bits per heavy atom. The topological polar surface area (TPSA) is 33.0 Å². The van der Waals surface area contributed by atoms with Crippen LogP contribution in [0.4, 0.5) is 0 Å². The van der Waals surface area contributed by atoms with E-state index in [1.54, 1.807) is 0 Å². The predicted molar refractivity (Wildman–Crippen MR) is 96.1 cm³/mol. The van der Waals surface area contributed by atoms with Crippen LogP contribution in [0, 0.1) is 29.1 Å². The molecule has 0 spiro atoms. The summed E-state index contributed by atoms with van der Waals surface area (Å²) in [4.78, 5) is 0. The second-order valence-corrected chi connectivity index (χ2v) is 7.86. The van der Waals surface area contributed by atoms with Crippen molar-refractivity contribution < 1.29 is 4.74 Å². The molecule has 0 N–H and O–H groups in total. The molecule has 0 aliphatic heterocycles. The van der Waals surface area contributed by atoms with Gasteiger partial charge in [0.2, 0.25) is 0 Å². The second kappa shape index (κ2) is 11.1. The van der Waals surface area contributed by atoms with Crippen LogP contribution in [0.25, 0.3) is 0 Å². The van der Waals surface area contributed by atoms with Gasteiger partial charge in [-0.05, 0) is 56.8 Å². The fraction of sp³-hybridized carbons (Fsp3) is 0.952. The molecule has 0 aromatic carbocycles. The molecule has 2 fully saturated rings. The summed E-state index contributed by atoms with van der Waals surface area (Å²) in [6.45, 7) is 3.23. The Hall–Kier alpha value is -0.550. The molecule has 2 aliphatic carbocycles. The van der Waals surface area contributed by atoms with E-state index >= 15 is 0 Å². The van der Waals surface area contributed by atoms with Crippen molar-refractivity contribution in [2.24, 2.45) is 17.8 Å². The molecule has 0 saturated heterocycles. The minimum absolute atomic E-state index is 0.342. The van der Waals surface area contributed by atoms with Gasteiger partial charge >= 0.3 is 0 Å². The normalized spacial score (nSPS) is 31.7. The number of nitriles is 1. The van der Waals surface area contributed by atoms with Gasteiger partial charge in [0, 0.05) is 12.5 Å². The van der Waals surface area contributed by atoms with Crippen molar-refractivity contribution in [2.75, 3.05) is 6.61 Å². The summed E-state index contributed by atoms with van der Waals surface area (Å²) in [6.07, 6.45) is 18.7. The first-order valence-corrected chi connectivity index (χ1v) is 10.4. The zero-order valence-corrected chi connectivity index (χ0v) is 15.3. The Balaban J connectivity index is 1.56. The van der Waals surface area contributed by atoms with Crippen LogP contribution in [0.2, 0.25) is 0 Å². The largest absolute Gasteiger partial charge is 0.378 e. The van der Waals surface area contributed by atoms with Crippen molar-refractivity contribution in [3.8, 4) is 6.07 Å². The molecule has 0 amide bonds. The van der Waals surface area contributed by atoms with Crippen molar-refractivity contribution in [1.29, 1.82) is 5.26 Å². The molecule has 2 heteroatoms. The van der Waals surface area contributed by atoms with Crippen molar-refractivity contribution in [1.82, 2.24) is 0 Å². The molecular formula is C21H37NO. The third-order valence-corrected chi connectivity index (χ3v) is 6.16. The number of ether oxygens (including phenoxy) is 1. The van der Waals surface area contributed by atoms with Gasteiger partial charge in [-0.15, -0.1) is 0 Å². The van der Waals surface area contributed by atoms with Crippen LogP contribution in [0.5, 0.6) is 0 Å². The minimum atomic E-state index is 0.342. The Morgan fingerprint density at radius 3 is 2.30 bits per heavy atom. The van der Waals surface area contributed by atoms with Gasteiger partial charge in [-0.1, -0.05) is 51.9 Å². The van der Waals surface area contributed by atoms with Crippen LogP contribution in [0.15, 0.2) is 0 Å². The predicted octanol–water partition coefficient (Wildman–Crippen LogP) is 6.25. The lowest BCUT2D eigenvalue weighted by Gasteiger charge is -2.38. The van der Waals surface area contributed by atoms with E-state index in [9.17, 15) is 5.26 Å². The third-order valence-electron chi connectivity index (χ3n) is 6.16. The number of rotatable bonds is 9. The summed E-state index contributed by atoms with van der Waals surface area (Å²) in [5, 5.41) is 9.39. The lowest BCUT2D eigenvalue weighted by molar-refractivity contribution is 0.00357. The summed E-state index contributed by atoms with van der Waals surface area (Å²) in [5.74, 6) is 1.83. The Bertz CT molecular complexity index is 340. The van der Waals surface area contributed by atoms with Crippen molar-refractivity contribution in [3.05, 3.63) is 0 Å². The van der Waals surface area contributed by atoms with E-state index in [-0.39, 0.29) is 0 Å². The fourth-order valence-corrected chi connectivity index (χ4v) is 4.70. The van der Waals surface area contributed by atoms with Gasteiger partial charge in [-0.2, -0.15) is 5.26 Å². The summed E-state index contributed by atoms with van der Waals surface area (Å²) >= 11 is 0. The highest BCUT2D eigenvalue weighted by atomic mass is 16.5. The quantitative estimate of drug-likeness (QED) is 0.470. The Labute approximate surface area is 144 Å². The molecule has 2 aliphatic rings. The third kappa shape index (κ3) is 6.46. The van der Waals surface area contributed by atoms with Gasteiger partial charge in [-0.3, -0.25) is 0 Å². The molecule has 0 radical (unpaired) electrons. The molecular weight excluding hydrogens is 282 g/mol. The molecule has 0 aromatic rings. The summed E-state index contributed by atoms with van der Waals surface area (Å²) in [6, 6.07) is 2.59. The zero-order chi connectivity index (χ0) is 16.3. The standard InChI is InChI=1S/C21H37NO/c1-2-3-4-5-6-9-16-23-20-14-12-18(13-15-20)21-11-8-7-10-19(21)17-22/h18-21H,2-16H2,1H3. The lowest BCUT2D eigenvalue weighted by Crippen LogP contribution is -2.31. The average molecular weight is 320 g/mol. The van der Waals surface area contributed by atoms with Gasteiger partial charge in [-0.25, -0.2) is 0 Å². The summed E-state index contributed by atoms with van der Waals surface area (Å²) in [5.41, 5.74) is 0. The van der Waals surface area contributed by atoms with Gasteiger partial charge < -0.3 is 4.74 Å². The zero-order valence-electron chi connectivity index (χ0n) is 15.3. The SMILES string of the molecule is CCCCCCCCOC1CCC(C2CCCCC2C#N)CC1. The Kier molecular flexibility index (Phi) is 9.05. The maximum atomic E-state index is 9.39.